The van der Waals surface area contributed by atoms with Gasteiger partial charge < -0.3 is 11.1 Å². The minimum Gasteiger partial charge on any atom is -0.370 e. The highest BCUT2D eigenvalue weighted by Gasteiger charge is 2.13. The second-order valence-electron chi connectivity index (χ2n) is 5.33. The lowest BCUT2D eigenvalue weighted by atomic mass is 10.1. The van der Waals surface area contributed by atoms with Crippen molar-refractivity contribution in [1.82, 2.24) is 10.3 Å². The van der Waals surface area contributed by atoms with Crippen molar-refractivity contribution >= 4 is 41.3 Å². The predicted molar refractivity (Wildman–Crippen MR) is 97.1 cm³/mol. The van der Waals surface area contributed by atoms with Crippen LogP contribution in [0.2, 0.25) is 0 Å². The molecule has 0 radical (unpaired) electrons. The number of nitrogens with two attached hydrogens (primary N) is 1. The summed E-state index contributed by atoms with van der Waals surface area (Å²) in [7, 11) is 0. The molecule has 0 aromatic carbocycles. The van der Waals surface area contributed by atoms with Gasteiger partial charge in [-0.05, 0) is 12.8 Å². The zero-order valence-corrected chi connectivity index (χ0v) is 15.2. The van der Waals surface area contributed by atoms with E-state index in [1.165, 1.54) is 38.5 Å². The molecule has 1 aliphatic carbocycles. The summed E-state index contributed by atoms with van der Waals surface area (Å²) in [6.45, 7) is 2.85. The Hall–Kier alpha value is -0.370. The van der Waals surface area contributed by atoms with Gasteiger partial charge in [0, 0.05) is 23.5 Å². The van der Waals surface area contributed by atoms with Crippen molar-refractivity contribution in [2.45, 2.75) is 57.4 Å². The summed E-state index contributed by atoms with van der Waals surface area (Å²) in [5.74, 6) is 0.935. The summed E-state index contributed by atoms with van der Waals surface area (Å²) < 4.78 is 0. The van der Waals surface area contributed by atoms with E-state index in [9.17, 15) is 0 Å². The number of hydrogen-bond donors (Lipinski definition) is 2. The van der Waals surface area contributed by atoms with Crippen molar-refractivity contribution in [2.24, 2.45) is 10.7 Å². The zero-order chi connectivity index (χ0) is 13.5. The van der Waals surface area contributed by atoms with Crippen LogP contribution in [0.3, 0.4) is 0 Å². The standard InChI is InChI=1S/C14H24N4S.HI/c1-11(13-16-8-9-19-13)10-17-14(15)18-12-6-4-2-3-5-7-12;/h8-9,11-12H,2-7,10H2,1H3,(H3,15,17,18);1H. The van der Waals surface area contributed by atoms with Crippen molar-refractivity contribution in [3.63, 3.8) is 0 Å². The molecule has 1 aromatic rings. The van der Waals surface area contributed by atoms with E-state index in [1.54, 1.807) is 11.3 Å². The molecule has 20 heavy (non-hydrogen) atoms. The molecule has 0 aliphatic heterocycles. The number of nitrogens with zero attached hydrogens (tertiary/aromatic N) is 2. The topological polar surface area (TPSA) is 63.3 Å². The molecule has 0 saturated heterocycles. The molecule has 1 saturated carbocycles. The van der Waals surface area contributed by atoms with Gasteiger partial charge in [-0.3, -0.25) is 4.99 Å². The molecular formula is C14H25IN4S. The summed E-state index contributed by atoms with van der Waals surface area (Å²) in [6, 6.07) is 0.515. The van der Waals surface area contributed by atoms with Crippen LogP contribution in [-0.2, 0) is 0 Å². The van der Waals surface area contributed by atoms with Gasteiger partial charge in [-0.15, -0.1) is 35.3 Å². The van der Waals surface area contributed by atoms with Crippen LogP contribution in [-0.4, -0.2) is 23.5 Å². The maximum absolute atomic E-state index is 5.98. The van der Waals surface area contributed by atoms with Gasteiger partial charge in [-0.2, -0.15) is 0 Å². The monoisotopic (exact) mass is 408 g/mol. The van der Waals surface area contributed by atoms with E-state index in [1.807, 2.05) is 11.6 Å². The molecule has 1 aromatic heterocycles. The average Bonchev–Trinajstić information content (AvgIpc) is 2.82. The van der Waals surface area contributed by atoms with Crippen molar-refractivity contribution in [1.29, 1.82) is 0 Å². The summed E-state index contributed by atoms with van der Waals surface area (Å²) in [4.78, 5) is 8.76. The van der Waals surface area contributed by atoms with E-state index in [4.69, 9.17) is 5.73 Å². The molecule has 1 heterocycles. The first kappa shape index (κ1) is 17.7. The Kier molecular flexibility index (Phi) is 8.44. The lowest BCUT2D eigenvalue weighted by Gasteiger charge is -2.17. The van der Waals surface area contributed by atoms with Crippen LogP contribution in [0.15, 0.2) is 16.6 Å². The predicted octanol–water partition coefficient (Wildman–Crippen LogP) is 3.49. The van der Waals surface area contributed by atoms with E-state index in [0.717, 1.165) is 5.01 Å². The quantitative estimate of drug-likeness (QED) is 0.347. The minimum absolute atomic E-state index is 0. The van der Waals surface area contributed by atoms with Gasteiger partial charge in [0.15, 0.2) is 5.96 Å². The van der Waals surface area contributed by atoms with Gasteiger partial charge in [0.1, 0.15) is 0 Å². The van der Waals surface area contributed by atoms with Crippen LogP contribution in [0.5, 0.6) is 0 Å². The van der Waals surface area contributed by atoms with Crippen LogP contribution in [0.25, 0.3) is 0 Å². The first-order valence-corrected chi connectivity index (χ1v) is 8.09. The Bertz CT molecular complexity index is 386. The number of halogens is 1. The molecule has 3 N–H and O–H groups in total. The third kappa shape index (κ3) is 5.95. The van der Waals surface area contributed by atoms with Gasteiger partial charge in [0.25, 0.3) is 0 Å². The molecular weight excluding hydrogens is 383 g/mol. The van der Waals surface area contributed by atoms with Gasteiger partial charge in [-0.1, -0.05) is 32.6 Å². The number of nitrogens with one attached hydrogen (secondary N) is 1. The molecule has 1 aliphatic rings. The van der Waals surface area contributed by atoms with Crippen molar-refractivity contribution in [3.8, 4) is 0 Å². The Labute approximate surface area is 142 Å². The molecule has 0 bridgehead atoms. The Morgan fingerprint density at radius 1 is 1.45 bits per heavy atom. The van der Waals surface area contributed by atoms with Crippen molar-refractivity contribution in [2.75, 3.05) is 6.54 Å². The SMILES string of the molecule is CC(CN=C(N)NC1CCCCCC1)c1nccs1.I. The second-order valence-corrected chi connectivity index (χ2v) is 6.26. The summed E-state index contributed by atoms with van der Waals surface area (Å²) in [5.41, 5.74) is 5.98. The smallest absolute Gasteiger partial charge is 0.188 e. The van der Waals surface area contributed by atoms with E-state index < -0.39 is 0 Å². The van der Waals surface area contributed by atoms with E-state index in [2.05, 4.69) is 22.2 Å². The molecule has 1 atom stereocenters. The molecule has 1 unspecified atom stereocenters. The average molecular weight is 408 g/mol. The highest BCUT2D eigenvalue weighted by Crippen LogP contribution is 2.18. The van der Waals surface area contributed by atoms with Crippen molar-refractivity contribution < 1.29 is 0 Å². The van der Waals surface area contributed by atoms with Gasteiger partial charge in [0.05, 0.1) is 11.6 Å². The highest BCUT2D eigenvalue weighted by molar-refractivity contribution is 14.0. The zero-order valence-electron chi connectivity index (χ0n) is 12.0. The first-order valence-electron chi connectivity index (χ1n) is 7.21. The summed E-state index contributed by atoms with van der Waals surface area (Å²) in [6.07, 6.45) is 9.61. The van der Waals surface area contributed by atoms with E-state index >= 15 is 0 Å². The van der Waals surface area contributed by atoms with Gasteiger partial charge in [-0.25, -0.2) is 4.98 Å². The molecule has 6 heteroatoms. The third-order valence-corrected chi connectivity index (χ3v) is 4.62. The van der Waals surface area contributed by atoms with Gasteiger partial charge in [0.2, 0.25) is 0 Å². The first-order chi connectivity index (χ1) is 9.25. The number of hydrogen-bond acceptors (Lipinski definition) is 3. The van der Waals surface area contributed by atoms with Crippen LogP contribution >= 0.6 is 35.3 Å². The molecule has 0 amide bonds. The molecule has 1 fully saturated rings. The van der Waals surface area contributed by atoms with Crippen molar-refractivity contribution in [3.05, 3.63) is 16.6 Å². The fraction of sp³-hybridized carbons (Fsp3) is 0.714. The van der Waals surface area contributed by atoms with Crippen LogP contribution < -0.4 is 11.1 Å². The molecule has 2 rings (SSSR count). The number of aromatic nitrogens is 1. The Balaban J connectivity index is 0.00000200. The largest absolute Gasteiger partial charge is 0.370 e. The summed E-state index contributed by atoms with van der Waals surface area (Å²) in [5, 5.41) is 6.50. The molecule has 0 spiro atoms. The normalized spacial score (nSPS) is 18.9. The number of rotatable bonds is 4. The fourth-order valence-electron chi connectivity index (χ4n) is 2.47. The third-order valence-electron chi connectivity index (χ3n) is 3.62. The Morgan fingerprint density at radius 3 is 2.75 bits per heavy atom. The number of guanidine groups is 1. The second kappa shape index (κ2) is 9.55. The van der Waals surface area contributed by atoms with E-state index in [0.29, 0.717) is 24.5 Å². The maximum Gasteiger partial charge on any atom is 0.188 e. The highest BCUT2D eigenvalue weighted by atomic mass is 127. The molecule has 4 nitrogen and oxygen atoms in total. The number of aliphatic imine (C=N–C) groups is 1. The van der Waals surface area contributed by atoms with Crippen LogP contribution in [0, 0.1) is 0 Å². The van der Waals surface area contributed by atoms with Crippen LogP contribution in [0.4, 0.5) is 0 Å². The lowest BCUT2D eigenvalue weighted by molar-refractivity contribution is 0.529. The Morgan fingerprint density at radius 2 is 2.15 bits per heavy atom. The molecule has 114 valence electrons. The van der Waals surface area contributed by atoms with Crippen LogP contribution in [0.1, 0.15) is 56.4 Å². The lowest BCUT2D eigenvalue weighted by Crippen LogP contribution is -2.40. The van der Waals surface area contributed by atoms with Gasteiger partial charge >= 0.3 is 0 Å². The number of thiazole rings is 1. The fourth-order valence-corrected chi connectivity index (χ4v) is 3.16. The summed E-state index contributed by atoms with van der Waals surface area (Å²) >= 11 is 1.68. The van der Waals surface area contributed by atoms with E-state index in [-0.39, 0.29) is 24.0 Å². The minimum atomic E-state index is 0. The maximum atomic E-state index is 5.98.